The van der Waals surface area contributed by atoms with Crippen molar-refractivity contribution in [3.63, 3.8) is 0 Å². The molecular weight excluding hydrogens is 188 g/mol. The summed E-state index contributed by atoms with van der Waals surface area (Å²) in [5.74, 6) is 0.623. The maximum Gasteiger partial charge on any atom is 0.153 e. The Kier molecular flexibility index (Phi) is 3.14. The van der Waals surface area contributed by atoms with Gasteiger partial charge in [0.25, 0.3) is 0 Å². The Labute approximate surface area is 81.9 Å². The molecule has 0 spiro atoms. The maximum absolute atomic E-state index is 5.94. The Morgan fingerprint density at radius 3 is 2.69 bits per heavy atom. The summed E-state index contributed by atoms with van der Waals surface area (Å²) in [5.41, 5.74) is 6.65. The predicted octanol–water partition coefficient (Wildman–Crippen LogP) is 2.13. The topological polar surface area (TPSA) is 51.5 Å². The van der Waals surface area contributed by atoms with Crippen molar-refractivity contribution in [2.45, 2.75) is 6.92 Å². The number of nitrogens with zero attached hydrogens (tertiary/aromatic N) is 1. The first kappa shape index (κ1) is 9.86. The molecule has 1 aromatic rings. The smallest absolute Gasteiger partial charge is 0.153 e. The second kappa shape index (κ2) is 4.14. The summed E-state index contributed by atoms with van der Waals surface area (Å²) in [6.07, 6.45) is 1.57. The second-order valence-corrected chi connectivity index (χ2v) is 2.92. The van der Waals surface area contributed by atoms with Gasteiger partial charge in [-0.1, -0.05) is 11.6 Å². The number of rotatable bonds is 2. The molecule has 2 N–H and O–H groups in total. The Hall–Kier alpha value is -1.22. The molecule has 0 amide bonds. The summed E-state index contributed by atoms with van der Waals surface area (Å²) in [6, 6.07) is 3.56. The van der Waals surface area contributed by atoms with Crippen molar-refractivity contribution in [3.05, 3.63) is 34.9 Å². The van der Waals surface area contributed by atoms with Crippen molar-refractivity contribution in [3.8, 4) is 0 Å². The van der Waals surface area contributed by atoms with Gasteiger partial charge >= 0.3 is 0 Å². The summed E-state index contributed by atoms with van der Waals surface area (Å²) in [6.45, 7) is 1.72. The third kappa shape index (κ3) is 2.12. The van der Waals surface area contributed by atoms with Crippen molar-refractivity contribution in [1.82, 2.24) is 0 Å². The average Bonchev–Trinajstić information content (AvgIpc) is 2.58. The predicted molar refractivity (Wildman–Crippen MR) is 53.9 cm³/mol. The zero-order chi connectivity index (χ0) is 9.84. The molecule has 0 saturated heterocycles. The van der Waals surface area contributed by atoms with Gasteiger partial charge in [-0.05, 0) is 19.1 Å². The fourth-order valence-corrected chi connectivity index (χ4v) is 1.09. The molecule has 3 nitrogen and oxygen atoms in total. The Balaban J connectivity index is 3.09. The van der Waals surface area contributed by atoms with Gasteiger partial charge < -0.3 is 10.2 Å². The van der Waals surface area contributed by atoms with E-state index in [0.29, 0.717) is 22.2 Å². The van der Waals surface area contributed by atoms with E-state index in [1.165, 1.54) is 0 Å². The highest BCUT2D eigenvalue weighted by atomic mass is 35.5. The van der Waals surface area contributed by atoms with Crippen LogP contribution in [-0.4, -0.2) is 12.8 Å². The highest BCUT2D eigenvalue weighted by molar-refractivity contribution is 6.46. The van der Waals surface area contributed by atoms with Gasteiger partial charge in [-0.25, -0.2) is 0 Å². The van der Waals surface area contributed by atoms with Crippen molar-refractivity contribution >= 4 is 17.3 Å². The van der Waals surface area contributed by atoms with Crippen molar-refractivity contribution in [2.75, 3.05) is 7.05 Å². The normalized spacial score (nSPS) is 14.2. The monoisotopic (exact) mass is 198 g/mol. The maximum atomic E-state index is 5.94. The van der Waals surface area contributed by atoms with Crippen molar-refractivity contribution in [1.29, 1.82) is 0 Å². The van der Waals surface area contributed by atoms with E-state index in [-0.39, 0.29) is 0 Å². The lowest BCUT2D eigenvalue weighted by Gasteiger charge is -2.02. The molecule has 0 atom stereocenters. The first-order valence-electron chi connectivity index (χ1n) is 3.79. The number of hydrogen-bond donors (Lipinski definition) is 1. The summed E-state index contributed by atoms with van der Waals surface area (Å²) in [4.78, 5) is 4.00. The standard InChI is InChI=1S/C9H11ClN2O/c1-6(11)8(10)9(12-2)7-4-3-5-13-7/h3-5H,11H2,1-2H3. The molecule has 0 aliphatic carbocycles. The minimum atomic E-state index is 0.428. The SMILES string of the molecule is CN=C(C(Cl)=C(C)N)c1ccco1. The minimum Gasteiger partial charge on any atom is -0.463 e. The highest BCUT2D eigenvalue weighted by Crippen LogP contribution is 2.15. The third-order valence-corrected chi connectivity index (χ3v) is 2.01. The fraction of sp³-hybridized carbons (Fsp3) is 0.222. The van der Waals surface area contributed by atoms with Gasteiger partial charge in [-0.3, -0.25) is 4.99 Å². The molecule has 0 aliphatic rings. The number of halogens is 1. The zero-order valence-corrected chi connectivity index (χ0v) is 8.30. The van der Waals surface area contributed by atoms with E-state index in [2.05, 4.69) is 4.99 Å². The largest absolute Gasteiger partial charge is 0.463 e. The fourth-order valence-electron chi connectivity index (χ4n) is 0.917. The van der Waals surface area contributed by atoms with Gasteiger partial charge in [0.2, 0.25) is 0 Å². The van der Waals surface area contributed by atoms with E-state index in [1.807, 2.05) is 0 Å². The van der Waals surface area contributed by atoms with E-state index in [1.54, 1.807) is 32.4 Å². The van der Waals surface area contributed by atoms with Gasteiger partial charge in [-0.15, -0.1) is 0 Å². The molecule has 1 rings (SSSR count). The van der Waals surface area contributed by atoms with E-state index < -0.39 is 0 Å². The summed E-state index contributed by atoms with van der Waals surface area (Å²) in [5, 5.41) is 0.428. The number of aliphatic imine (C=N–C) groups is 1. The Morgan fingerprint density at radius 2 is 2.31 bits per heavy atom. The Bertz CT molecular complexity index is 335. The van der Waals surface area contributed by atoms with Gasteiger partial charge in [0.05, 0.1) is 11.3 Å². The van der Waals surface area contributed by atoms with Crippen LogP contribution in [0, 0.1) is 0 Å². The van der Waals surface area contributed by atoms with Crippen LogP contribution in [0.25, 0.3) is 0 Å². The summed E-state index contributed by atoms with van der Waals surface area (Å²) >= 11 is 5.94. The van der Waals surface area contributed by atoms with E-state index >= 15 is 0 Å². The average molecular weight is 199 g/mol. The second-order valence-electron chi connectivity index (χ2n) is 2.55. The van der Waals surface area contributed by atoms with Crippen LogP contribution in [0.3, 0.4) is 0 Å². The van der Waals surface area contributed by atoms with Gasteiger partial charge in [0.15, 0.2) is 5.76 Å². The van der Waals surface area contributed by atoms with E-state index in [9.17, 15) is 0 Å². The van der Waals surface area contributed by atoms with Crippen LogP contribution in [0.2, 0.25) is 0 Å². The van der Waals surface area contributed by atoms with Gasteiger partial charge in [-0.2, -0.15) is 0 Å². The van der Waals surface area contributed by atoms with Crippen LogP contribution < -0.4 is 5.73 Å². The van der Waals surface area contributed by atoms with Crippen LogP contribution in [-0.2, 0) is 0 Å². The minimum absolute atomic E-state index is 0.428. The first-order chi connectivity index (χ1) is 6.16. The molecule has 4 heteroatoms. The Morgan fingerprint density at radius 1 is 1.62 bits per heavy atom. The molecular formula is C9H11ClN2O. The van der Waals surface area contributed by atoms with Gasteiger partial charge in [0, 0.05) is 12.7 Å². The van der Waals surface area contributed by atoms with Crippen molar-refractivity contribution in [2.24, 2.45) is 10.7 Å². The van der Waals surface area contributed by atoms with Crippen LogP contribution >= 0.6 is 11.6 Å². The first-order valence-corrected chi connectivity index (χ1v) is 4.17. The van der Waals surface area contributed by atoms with Gasteiger partial charge in [0.1, 0.15) is 5.71 Å². The molecule has 0 radical (unpaired) electrons. The number of furan rings is 1. The van der Waals surface area contributed by atoms with Crippen LogP contribution in [0.5, 0.6) is 0 Å². The molecule has 0 aromatic carbocycles. The number of hydrogen-bond acceptors (Lipinski definition) is 3. The van der Waals surface area contributed by atoms with E-state index in [0.717, 1.165) is 0 Å². The molecule has 0 aliphatic heterocycles. The molecule has 1 heterocycles. The molecule has 0 bridgehead atoms. The number of nitrogens with two attached hydrogens (primary N) is 1. The molecule has 0 fully saturated rings. The lowest BCUT2D eigenvalue weighted by molar-refractivity contribution is 0.558. The van der Waals surface area contributed by atoms with E-state index in [4.69, 9.17) is 21.8 Å². The summed E-state index contributed by atoms with van der Waals surface area (Å²) < 4.78 is 5.15. The lowest BCUT2D eigenvalue weighted by Crippen LogP contribution is -2.05. The number of allylic oxidation sites excluding steroid dienone is 2. The van der Waals surface area contributed by atoms with Crippen LogP contribution in [0.4, 0.5) is 0 Å². The third-order valence-electron chi connectivity index (χ3n) is 1.53. The zero-order valence-electron chi connectivity index (χ0n) is 7.54. The highest BCUT2D eigenvalue weighted by Gasteiger charge is 2.11. The molecule has 0 saturated carbocycles. The molecule has 13 heavy (non-hydrogen) atoms. The molecule has 1 aromatic heterocycles. The summed E-state index contributed by atoms with van der Waals surface area (Å²) in [7, 11) is 1.64. The van der Waals surface area contributed by atoms with Crippen LogP contribution in [0.1, 0.15) is 12.7 Å². The van der Waals surface area contributed by atoms with Crippen molar-refractivity contribution < 1.29 is 4.42 Å². The quantitative estimate of drug-likeness (QED) is 0.741. The lowest BCUT2D eigenvalue weighted by atomic mass is 10.2. The molecule has 0 unspecified atom stereocenters. The van der Waals surface area contributed by atoms with Crippen LogP contribution in [0.15, 0.2) is 38.5 Å². The molecule has 70 valence electrons.